The molecule has 1 aromatic rings. The molecule has 0 bridgehead atoms. The van der Waals surface area contributed by atoms with Gasteiger partial charge in [0.25, 0.3) is 11.8 Å². The Morgan fingerprint density at radius 1 is 1.17 bits per heavy atom. The second-order valence-electron chi connectivity index (χ2n) is 6.96. The van der Waals surface area contributed by atoms with Crippen LogP contribution in [-0.4, -0.2) is 68.2 Å². The van der Waals surface area contributed by atoms with Gasteiger partial charge in [0.15, 0.2) is 18.1 Å². The van der Waals surface area contributed by atoms with E-state index >= 15 is 0 Å². The number of urea groups is 1. The van der Waals surface area contributed by atoms with Crippen LogP contribution in [0, 0.1) is 0 Å². The van der Waals surface area contributed by atoms with Gasteiger partial charge in [-0.05, 0) is 37.5 Å². The molecular formula is C20H27N3O7. The molecule has 0 aromatic heterocycles. The molecule has 0 radical (unpaired) electrons. The number of nitrogens with one attached hydrogen (secondary N) is 2. The number of hydrogen-bond acceptors (Lipinski definition) is 7. The topological polar surface area (TPSA) is 123 Å². The molecule has 2 rings (SSSR count). The van der Waals surface area contributed by atoms with Crippen LogP contribution in [-0.2, 0) is 25.5 Å². The average molecular weight is 421 g/mol. The first-order chi connectivity index (χ1) is 14.2. The van der Waals surface area contributed by atoms with Gasteiger partial charge in [0.1, 0.15) is 12.1 Å². The van der Waals surface area contributed by atoms with E-state index in [4.69, 9.17) is 14.2 Å². The van der Waals surface area contributed by atoms with Crippen molar-refractivity contribution in [3.05, 3.63) is 23.8 Å². The van der Waals surface area contributed by atoms with Gasteiger partial charge in [-0.2, -0.15) is 0 Å². The van der Waals surface area contributed by atoms with E-state index in [2.05, 4.69) is 10.6 Å². The van der Waals surface area contributed by atoms with Crippen molar-refractivity contribution < 1.29 is 33.4 Å². The third-order valence-electron chi connectivity index (χ3n) is 4.89. The van der Waals surface area contributed by atoms with Crippen LogP contribution in [0.4, 0.5) is 4.79 Å². The van der Waals surface area contributed by atoms with Crippen LogP contribution < -0.4 is 20.1 Å². The number of carbonyl (C=O) groups excluding carboxylic acids is 4. The summed E-state index contributed by atoms with van der Waals surface area (Å²) in [7, 11) is 3.09. The second-order valence-corrected chi connectivity index (χ2v) is 6.96. The molecule has 164 valence electrons. The molecule has 1 aliphatic heterocycles. The number of ether oxygens (including phenoxy) is 3. The molecule has 0 aliphatic carbocycles. The minimum atomic E-state index is -1.03. The van der Waals surface area contributed by atoms with E-state index < -0.39 is 42.5 Å². The summed E-state index contributed by atoms with van der Waals surface area (Å²) in [4.78, 5) is 48.7. The normalized spacial score (nSPS) is 18.1. The highest BCUT2D eigenvalue weighted by Crippen LogP contribution is 2.27. The van der Waals surface area contributed by atoms with Gasteiger partial charge in [0, 0.05) is 6.54 Å². The number of nitrogens with zero attached hydrogens (tertiary/aromatic N) is 1. The molecule has 2 N–H and O–H groups in total. The van der Waals surface area contributed by atoms with Gasteiger partial charge in [-0.1, -0.05) is 13.0 Å². The first-order valence-corrected chi connectivity index (χ1v) is 9.51. The quantitative estimate of drug-likeness (QED) is 0.419. The Balaban J connectivity index is 1.74. The number of carbonyl (C=O) groups is 4. The molecular weight excluding hydrogens is 394 g/mol. The molecule has 1 heterocycles. The highest BCUT2D eigenvalue weighted by Gasteiger charge is 2.47. The van der Waals surface area contributed by atoms with Crippen LogP contribution in [0.1, 0.15) is 25.8 Å². The smallest absolute Gasteiger partial charge is 0.326 e. The fraction of sp³-hybridized carbons (Fsp3) is 0.500. The Morgan fingerprint density at radius 3 is 2.47 bits per heavy atom. The van der Waals surface area contributed by atoms with Gasteiger partial charge < -0.3 is 24.8 Å². The highest BCUT2D eigenvalue weighted by molar-refractivity contribution is 6.08. The lowest BCUT2D eigenvalue weighted by Crippen LogP contribution is -2.43. The molecule has 0 saturated carbocycles. The lowest BCUT2D eigenvalue weighted by Gasteiger charge is -2.18. The SMILES string of the molecule is CCC1(C)NC(=O)N(CC(=O)OCC(=O)NCCc2ccc(OC)c(OC)c2)C1=O. The number of imide groups is 1. The molecule has 1 unspecified atom stereocenters. The first kappa shape index (κ1) is 23.0. The van der Waals surface area contributed by atoms with Gasteiger partial charge >= 0.3 is 12.0 Å². The van der Waals surface area contributed by atoms with Crippen LogP contribution in [0.5, 0.6) is 11.5 Å². The molecule has 4 amide bonds. The number of hydrogen-bond donors (Lipinski definition) is 2. The summed E-state index contributed by atoms with van der Waals surface area (Å²) < 4.78 is 15.3. The molecule has 10 heteroatoms. The van der Waals surface area contributed by atoms with Crippen molar-refractivity contribution in [3.63, 3.8) is 0 Å². The zero-order chi connectivity index (χ0) is 22.3. The third-order valence-corrected chi connectivity index (χ3v) is 4.89. The van der Waals surface area contributed by atoms with Crippen LogP contribution in [0.15, 0.2) is 18.2 Å². The fourth-order valence-electron chi connectivity index (χ4n) is 2.88. The first-order valence-electron chi connectivity index (χ1n) is 9.51. The van der Waals surface area contributed by atoms with Crippen LogP contribution in [0.3, 0.4) is 0 Å². The number of esters is 1. The minimum Gasteiger partial charge on any atom is -0.493 e. The Bertz CT molecular complexity index is 827. The van der Waals surface area contributed by atoms with E-state index in [-0.39, 0.29) is 0 Å². The van der Waals surface area contributed by atoms with Gasteiger partial charge in [0.05, 0.1) is 14.2 Å². The van der Waals surface area contributed by atoms with Gasteiger partial charge in [-0.3, -0.25) is 19.3 Å². The van der Waals surface area contributed by atoms with Crippen molar-refractivity contribution in [2.24, 2.45) is 0 Å². The van der Waals surface area contributed by atoms with Crippen molar-refractivity contribution in [2.75, 3.05) is 33.9 Å². The third kappa shape index (κ3) is 5.40. The maximum absolute atomic E-state index is 12.2. The number of amides is 4. The summed E-state index contributed by atoms with van der Waals surface area (Å²) in [5.74, 6) is -0.615. The Morgan fingerprint density at radius 2 is 1.87 bits per heavy atom. The van der Waals surface area contributed by atoms with Crippen molar-refractivity contribution in [1.82, 2.24) is 15.5 Å². The number of benzene rings is 1. The summed E-state index contributed by atoms with van der Waals surface area (Å²) in [5.41, 5.74) is -0.0960. The van der Waals surface area contributed by atoms with Crippen molar-refractivity contribution in [2.45, 2.75) is 32.2 Å². The predicted molar refractivity (Wildman–Crippen MR) is 106 cm³/mol. The maximum Gasteiger partial charge on any atom is 0.326 e. The molecule has 1 fully saturated rings. The van der Waals surface area contributed by atoms with Crippen molar-refractivity contribution in [1.29, 1.82) is 0 Å². The zero-order valence-corrected chi connectivity index (χ0v) is 17.6. The Hall–Kier alpha value is -3.30. The molecule has 1 aromatic carbocycles. The molecule has 1 atom stereocenters. The van der Waals surface area contributed by atoms with E-state index in [0.29, 0.717) is 30.9 Å². The largest absolute Gasteiger partial charge is 0.493 e. The second kappa shape index (κ2) is 9.95. The monoisotopic (exact) mass is 421 g/mol. The zero-order valence-electron chi connectivity index (χ0n) is 17.6. The fourth-order valence-corrected chi connectivity index (χ4v) is 2.88. The Labute approximate surface area is 174 Å². The van der Waals surface area contributed by atoms with E-state index in [0.717, 1.165) is 10.5 Å². The van der Waals surface area contributed by atoms with E-state index in [1.54, 1.807) is 34.1 Å². The van der Waals surface area contributed by atoms with E-state index in [9.17, 15) is 19.2 Å². The van der Waals surface area contributed by atoms with Crippen LogP contribution >= 0.6 is 0 Å². The van der Waals surface area contributed by atoms with Crippen molar-refractivity contribution >= 4 is 23.8 Å². The standard InChI is InChI=1S/C20H27N3O7/c1-5-20(2)18(26)23(19(27)22-20)11-17(25)30-12-16(24)21-9-8-13-6-7-14(28-3)15(10-13)29-4/h6-7,10H,5,8-9,11-12H2,1-4H3,(H,21,24)(H,22,27). The molecule has 0 spiro atoms. The van der Waals surface area contributed by atoms with Crippen molar-refractivity contribution in [3.8, 4) is 11.5 Å². The van der Waals surface area contributed by atoms with E-state index in [1.165, 1.54) is 0 Å². The highest BCUT2D eigenvalue weighted by atomic mass is 16.5. The van der Waals surface area contributed by atoms with Crippen LogP contribution in [0.25, 0.3) is 0 Å². The van der Waals surface area contributed by atoms with E-state index in [1.807, 2.05) is 12.1 Å². The van der Waals surface area contributed by atoms with Gasteiger partial charge in [-0.25, -0.2) is 4.79 Å². The number of rotatable bonds is 10. The Kier molecular flexibility index (Phi) is 7.62. The van der Waals surface area contributed by atoms with Crippen LogP contribution in [0.2, 0.25) is 0 Å². The lowest BCUT2D eigenvalue weighted by molar-refractivity contribution is -0.151. The molecule has 1 saturated heterocycles. The molecule has 10 nitrogen and oxygen atoms in total. The maximum atomic E-state index is 12.2. The lowest BCUT2D eigenvalue weighted by atomic mass is 9.99. The molecule has 30 heavy (non-hydrogen) atoms. The summed E-state index contributed by atoms with van der Waals surface area (Å²) >= 11 is 0. The average Bonchev–Trinajstić information content (AvgIpc) is 2.95. The minimum absolute atomic E-state index is 0.327. The molecule has 1 aliphatic rings. The number of methoxy groups -OCH3 is 2. The summed E-state index contributed by atoms with van der Waals surface area (Å²) in [6.07, 6.45) is 0.934. The summed E-state index contributed by atoms with van der Waals surface area (Å²) in [5, 5.41) is 5.18. The summed E-state index contributed by atoms with van der Waals surface area (Å²) in [6.45, 7) is 2.63. The predicted octanol–water partition coefficient (Wildman–Crippen LogP) is 0.626. The summed E-state index contributed by atoms with van der Waals surface area (Å²) in [6, 6.07) is 4.79. The van der Waals surface area contributed by atoms with Gasteiger partial charge in [-0.15, -0.1) is 0 Å². The van der Waals surface area contributed by atoms with Gasteiger partial charge in [0.2, 0.25) is 0 Å².